The SMILES string of the molecule is Cc1csc[n+]1S(C)(=O)=O. The van der Waals surface area contributed by atoms with Crippen molar-refractivity contribution < 1.29 is 12.4 Å². The first-order chi connectivity index (χ1) is 4.52. The molecule has 1 aromatic rings. The summed E-state index contributed by atoms with van der Waals surface area (Å²) in [6.07, 6.45) is 1.19. The summed E-state index contributed by atoms with van der Waals surface area (Å²) in [6, 6.07) is 0. The summed E-state index contributed by atoms with van der Waals surface area (Å²) in [5.41, 5.74) is 2.33. The quantitative estimate of drug-likeness (QED) is 0.574. The Morgan fingerprint density at radius 3 is 2.40 bits per heavy atom. The van der Waals surface area contributed by atoms with Gasteiger partial charge in [-0.05, 0) is 0 Å². The van der Waals surface area contributed by atoms with E-state index in [2.05, 4.69) is 0 Å². The minimum Gasteiger partial charge on any atom is -0.163 e. The van der Waals surface area contributed by atoms with Crippen molar-refractivity contribution in [2.24, 2.45) is 0 Å². The first-order valence-electron chi connectivity index (χ1n) is 2.67. The van der Waals surface area contributed by atoms with Crippen LogP contribution in [0.5, 0.6) is 0 Å². The summed E-state index contributed by atoms with van der Waals surface area (Å²) in [5.74, 6) is 0. The summed E-state index contributed by atoms with van der Waals surface area (Å²) >= 11 is 1.38. The first kappa shape index (κ1) is 7.68. The molecule has 0 aromatic carbocycles. The lowest BCUT2D eigenvalue weighted by atomic mass is 10.6. The molecule has 0 aliphatic heterocycles. The smallest absolute Gasteiger partial charge is 0.163 e. The van der Waals surface area contributed by atoms with Gasteiger partial charge in [-0.3, -0.25) is 0 Å². The molecule has 0 fully saturated rings. The molecule has 0 radical (unpaired) electrons. The van der Waals surface area contributed by atoms with Crippen LogP contribution in [0.4, 0.5) is 0 Å². The molecule has 0 N–H and O–H groups in total. The van der Waals surface area contributed by atoms with Crippen LogP contribution in [-0.4, -0.2) is 14.7 Å². The molecule has 0 saturated carbocycles. The Morgan fingerprint density at radius 1 is 1.60 bits per heavy atom. The van der Waals surface area contributed by atoms with Crippen LogP contribution < -0.4 is 3.97 Å². The standard InChI is InChI=1S/C5H8NO2S2/c1-5-3-9-4-6(5)10(2,7)8/h3-4H,1-2H3/q+1. The Kier molecular flexibility index (Phi) is 1.78. The molecular weight excluding hydrogens is 170 g/mol. The highest BCUT2D eigenvalue weighted by Gasteiger charge is 2.17. The van der Waals surface area contributed by atoms with Crippen LogP contribution in [-0.2, 0) is 10.0 Å². The van der Waals surface area contributed by atoms with Gasteiger partial charge in [-0.15, -0.1) is 0 Å². The average Bonchev–Trinajstić information content (AvgIpc) is 2.11. The minimum absolute atomic E-state index is 0.757. The van der Waals surface area contributed by atoms with Crippen molar-refractivity contribution in [3.63, 3.8) is 0 Å². The zero-order valence-corrected chi connectivity index (χ0v) is 7.37. The molecule has 0 amide bonds. The van der Waals surface area contributed by atoms with Gasteiger partial charge in [0.15, 0.2) is 0 Å². The summed E-state index contributed by atoms with van der Waals surface area (Å²) in [6.45, 7) is 1.76. The van der Waals surface area contributed by atoms with Crippen molar-refractivity contribution in [1.82, 2.24) is 0 Å². The molecule has 1 rings (SSSR count). The van der Waals surface area contributed by atoms with Gasteiger partial charge in [0.1, 0.15) is 0 Å². The summed E-state index contributed by atoms with van der Waals surface area (Å²) in [4.78, 5) is 0. The number of aromatic nitrogens is 1. The second kappa shape index (κ2) is 2.32. The van der Waals surface area contributed by atoms with Crippen molar-refractivity contribution in [3.05, 3.63) is 16.6 Å². The predicted molar refractivity (Wildman–Crippen MR) is 39.5 cm³/mol. The van der Waals surface area contributed by atoms with E-state index >= 15 is 0 Å². The van der Waals surface area contributed by atoms with Gasteiger partial charge in [0.05, 0.1) is 11.6 Å². The van der Waals surface area contributed by atoms with Crippen LogP contribution >= 0.6 is 11.3 Å². The van der Waals surface area contributed by atoms with E-state index in [9.17, 15) is 8.42 Å². The lowest BCUT2D eigenvalue weighted by Crippen LogP contribution is -2.41. The molecule has 5 heteroatoms. The second-order valence-corrected chi connectivity index (χ2v) is 4.64. The van der Waals surface area contributed by atoms with E-state index in [1.54, 1.807) is 17.8 Å². The molecular formula is C5H8NO2S2+. The highest BCUT2D eigenvalue weighted by molar-refractivity contribution is 7.84. The minimum atomic E-state index is -3.06. The third-order valence-electron chi connectivity index (χ3n) is 1.10. The molecule has 0 unspecified atom stereocenters. The fourth-order valence-corrected chi connectivity index (χ4v) is 2.72. The van der Waals surface area contributed by atoms with E-state index in [4.69, 9.17) is 0 Å². The van der Waals surface area contributed by atoms with E-state index in [0.29, 0.717) is 0 Å². The number of hydrogen-bond donors (Lipinski definition) is 0. The second-order valence-electron chi connectivity index (χ2n) is 2.06. The van der Waals surface area contributed by atoms with Crippen molar-refractivity contribution in [2.75, 3.05) is 6.26 Å². The van der Waals surface area contributed by atoms with Gasteiger partial charge < -0.3 is 0 Å². The van der Waals surface area contributed by atoms with Crippen LogP contribution in [0.2, 0.25) is 0 Å². The van der Waals surface area contributed by atoms with Crippen LogP contribution in [0.25, 0.3) is 0 Å². The summed E-state index contributed by atoms with van der Waals surface area (Å²) in [7, 11) is -3.06. The van der Waals surface area contributed by atoms with E-state index in [0.717, 1.165) is 5.69 Å². The van der Waals surface area contributed by atoms with Gasteiger partial charge in [0, 0.05) is 6.92 Å². The van der Waals surface area contributed by atoms with E-state index in [1.165, 1.54) is 21.6 Å². The Labute approximate surface area is 64.0 Å². The maximum absolute atomic E-state index is 10.9. The molecule has 10 heavy (non-hydrogen) atoms. The summed E-state index contributed by atoms with van der Waals surface area (Å²) < 4.78 is 23.0. The third-order valence-corrected chi connectivity index (χ3v) is 3.15. The Bertz CT molecular complexity index is 325. The van der Waals surface area contributed by atoms with Crippen LogP contribution in [0.15, 0.2) is 10.9 Å². The average molecular weight is 178 g/mol. The van der Waals surface area contributed by atoms with Gasteiger partial charge in [-0.25, -0.2) is 0 Å². The molecule has 1 heterocycles. The van der Waals surface area contributed by atoms with E-state index < -0.39 is 10.0 Å². The normalized spacial score (nSPS) is 11.8. The van der Waals surface area contributed by atoms with Gasteiger partial charge >= 0.3 is 10.0 Å². The van der Waals surface area contributed by atoms with Crippen molar-refractivity contribution in [2.45, 2.75) is 6.92 Å². The lowest BCUT2D eigenvalue weighted by Gasteiger charge is -1.85. The molecule has 0 aliphatic rings. The lowest BCUT2D eigenvalue weighted by molar-refractivity contribution is -0.511. The predicted octanol–water partition coefficient (Wildman–Crippen LogP) is 0.152. The van der Waals surface area contributed by atoms with Crippen LogP contribution in [0, 0.1) is 6.92 Å². The fourth-order valence-electron chi connectivity index (χ4n) is 0.659. The molecule has 3 nitrogen and oxygen atoms in total. The molecule has 0 aliphatic carbocycles. The number of aryl methyl sites for hydroxylation is 1. The highest BCUT2D eigenvalue weighted by atomic mass is 32.2. The van der Waals surface area contributed by atoms with E-state index in [1.807, 2.05) is 0 Å². The third kappa shape index (κ3) is 1.35. The van der Waals surface area contributed by atoms with Crippen LogP contribution in [0.3, 0.4) is 0 Å². The Hall–Kier alpha value is -0.420. The Morgan fingerprint density at radius 2 is 2.20 bits per heavy atom. The topological polar surface area (TPSA) is 38.0 Å². The van der Waals surface area contributed by atoms with E-state index in [-0.39, 0.29) is 0 Å². The maximum atomic E-state index is 10.9. The maximum Gasteiger partial charge on any atom is 0.367 e. The van der Waals surface area contributed by atoms with Crippen molar-refractivity contribution in [1.29, 1.82) is 0 Å². The van der Waals surface area contributed by atoms with Gasteiger partial charge in [-0.2, -0.15) is 8.42 Å². The fraction of sp³-hybridized carbons (Fsp3) is 0.400. The highest BCUT2D eigenvalue weighted by Crippen LogP contribution is 1.97. The zero-order valence-electron chi connectivity index (χ0n) is 5.73. The molecule has 0 atom stereocenters. The summed E-state index contributed by atoms with van der Waals surface area (Å²) in [5, 5.41) is 1.79. The molecule has 0 saturated heterocycles. The molecule has 56 valence electrons. The van der Waals surface area contributed by atoms with Crippen LogP contribution in [0.1, 0.15) is 5.69 Å². The Balaban J connectivity index is 3.32. The molecule has 1 aromatic heterocycles. The number of rotatable bonds is 1. The van der Waals surface area contributed by atoms with Gasteiger partial charge in [0.25, 0.3) is 0 Å². The van der Waals surface area contributed by atoms with Crippen molar-refractivity contribution >= 4 is 21.4 Å². The molecule has 0 spiro atoms. The number of hydrogen-bond acceptors (Lipinski definition) is 3. The first-order valence-corrected chi connectivity index (χ1v) is 5.46. The zero-order chi connectivity index (χ0) is 7.78. The van der Waals surface area contributed by atoms with Gasteiger partial charge in [0.2, 0.25) is 11.2 Å². The van der Waals surface area contributed by atoms with Gasteiger partial charge in [-0.1, -0.05) is 15.3 Å². The van der Waals surface area contributed by atoms with Crippen molar-refractivity contribution in [3.8, 4) is 0 Å². The number of thiazole rings is 1. The largest absolute Gasteiger partial charge is 0.367 e. The number of nitrogens with zero attached hydrogens (tertiary/aromatic N) is 1. The molecule has 0 bridgehead atoms. The monoisotopic (exact) mass is 178 g/mol.